The maximum absolute atomic E-state index is 10.7. The quantitative estimate of drug-likeness (QED) is 0.808. The van der Waals surface area contributed by atoms with Crippen LogP contribution < -0.4 is 0 Å². The number of methoxy groups -OCH3 is 1. The molecule has 144 valence electrons. The molecule has 0 aromatic rings. The van der Waals surface area contributed by atoms with E-state index in [0.717, 1.165) is 36.5 Å². The van der Waals surface area contributed by atoms with Crippen LogP contribution in [0.4, 0.5) is 0 Å². The largest absolute Gasteiger partial charge is 0.393 e. The Bertz CT molecular complexity index is 494. The highest BCUT2D eigenvalue weighted by atomic mass is 16.5. The fourth-order valence-corrected chi connectivity index (χ4v) is 8.20. The minimum absolute atomic E-state index is 0.0523. The molecular weight excluding hydrogens is 312 g/mol. The van der Waals surface area contributed by atoms with Crippen molar-refractivity contribution in [2.24, 2.45) is 40.4 Å². The summed E-state index contributed by atoms with van der Waals surface area (Å²) in [6.45, 7) is 5.51. The highest BCUT2D eigenvalue weighted by Gasteiger charge is 2.60. The van der Waals surface area contributed by atoms with Crippen LogP contribution in [0.15, 0.2) is 0 Å². The van der Waals surface area contributed by atoms with Gasteiger partial charge in [0.25, 0.3) is 0 Å². The molecule has 0 aromatic heterocycles. The normalized spacial score (nSPS) is 53.6. The molecule has 4 fully saturated rings. The van der Waals surface area contributed by atoms with E-state index in [9.17, 15) is 10.2 Å². The molecule has 0 bridgehead atoms. The number of aliphatic hydroxyl groups excluding tert-OH is 2. The molecule has 0 spiro atoms. The molecule has 4 saturated carbocycles. The van der Waals surface area contributed by atoms with Crippen LogP contribution in [0.3, 0.4) is 0 Å². The zero-order valence-corrected chi connectivity index (χ0v) is 16.4. The monoisotopic (exact) mass is 350 g/mol. The topological polar surface area (TPSA) is 49.7 Å². The van der Waals surface area contributed by atoms with E-state index in [4.69, 9.17) is 4.74 Å². The van der Waals surface area contributed by atoms with Gasteiger partial charge in [-0.15, -0.1) is 0 Å². The van der Waals surface area contributed by atoms with Crippen molar-refractivity contribution in [1.29, 1.82) is 0 Å². The van der Waals surface area contributed by atoms with Gasteiger partial charge in [0.15, 0.2) is 0 Å². The summed E-state index contributed by atoms with van der Waals surface area (Å²) in [5.41, 5.74) is 0.753. The summed E-state index contributed by atoms with van der Waals surface area (Å²) in [4.78, 5) is 0. The van der Waals surface area contributed by atoms with E-state index in [1.54, 1.807) is 7.11 Å². The molecule has 0 saturated heterocycles. The standard InChI is InChI=1S/C22H38O3/c1-21-10-8-15(23)12-14(21)4-5-16-17-6-7-19(20(24)13-25-3)22(17,2)11-9-18(16)21/h14-20,23-24H,4-13H2,1-3H3. The first-order chi connectivity index (χ1) is 11.9. The minimum atomic E-state index is -0.298. The Balaban J connectivity index is 1.56. The molecule has 4 aliphatic rings. The van der Waals surface area contributed by atoms with Gasteiger partial charge in [-0.05, 0) is 98.2 Å². The number of hydrogen-bond acceptors (Lipinski definition) is 3. The maximum atomic E-state index is 10.7. The maximum Gasteiger partial charge on any atom is 0.0806 e. The molecule has 0 aliphatic heterocycles. The predicted molar refractivity (Wildman–Crippen MR) is 99.1 cm³/mol. The Hall–Kier alpha value is -0.120. The van der Waals surface area contributed by atoms with Crippen molar-refractivity contribution in [3.05, 3.63) is 0 Å². The Labute approximate surface area is 153 Å². The number of rotatable bonds is 3. The Morgan fingerprint density at radius 2 is 1.68 bits per heavy atom. The Morgan fingerprint density at radius 1 is 0.960 bits per heavy atom. The van der Waals surface area contributed by atoms with Crippen molar-refractivity contribution in [3.63, 3.8) is 0 Å². The van der Waals surface area contributed by atoms with Gasteiger partial charge in [0.1, 0.15) is 0 Å². The first kappa shape index (κ1) is 18.3. The van der Waals surface area contributed by atoms with E-state index in [2.05, 4.69) is 13.8 Å². The lowest BCUT2D eigenvalue weighted by molar-refractivity contribution is -0.135. The Morgan fingerprint density at radius 3 is 2.44 bits per heavy atom. The average Bonchev–Trinajstić information content (AvgIpc) is 2.93. The minimum Gasteiger partial charge on any atom is -0.393 e. The first-order valence-corrected chi connectivity index (χ1v) is 10.7. The third-order valence-corrected chi connectivity index (χ3v) is 9.51. The summed E-state index contributed by atoms with van der Waals surface area (Å²) >= 11 is 0. The molecule has 2 N–H and O–H groups in total. The van der Waals surface area contributed by atoms with Gasteiger partial charge >= 0.3 is 0 Å². The summed E-state index contributed by atoms with van der Waals surface area (Å²) in [7, 11) is 1.70. The second-order valence-corrected chi connectivity index (χ2v) is 10.3. The third-order valence-electron chi connectivity index (χ3n) is 9.51. The zero-order chi connectivity index (χ0) is 17.8. The zero-order valence-electron chi connectivity index (χ0n) is 16.4. The van der Waals surface area contributed by atoms with E-state index >= 15 is 0 Å². The molecule has 0 amide bonds. The number of aliphatic hydroxyl groups is 2. The van der Waals surface area contributed by atoms with E-state index in [0.29, 0.717) is 23.4 Å². The molecule has 0 radical (unpaired) electrons. The van der Waals surface area contributed by atoms with Crippen LogP contribution in [0.2, 0.25) is 0 Å². The fraction of sp³-hybridized carbons (Fsp3) is 1.00. The molecule has 3 heteroatoms. The van der Waals surface area contributed by atoms with Gasteiger partial charge in [0.2, 0.25) is 0 Å². The highest BCUT2D eigenvalue weighted by Crippen LogP contribution is 2.67. The highest BCUT2D eigenvalue weighted by molar-refractivity contribution is 5.10. The van der Waals surface area contributed by atoms with Crippen LogP contribution in [-0.4, -0.2) is 36.1 Å². The van der Waals surface area contributed by atoms with Crippen molar-refractivity contribution in [2.45, 2.75) is 83.8 Å². The Kier molecular flexibility index (Phi) is 4.74. The molecular formula is C22H38O3. The van der Waals surface area contributed by atoms with Gasteiger partial charge in [-0.3, -0.25) is 0 Å². The van der Waals surface area contributed by atoms with Crippen LogP contribution in [-0.2, 0) is 4.74 Å². The van der Waals surface area contributed by atoms with Gasteiger partial charge in [-0.25, -0.2) is 0 Å². The van der Waals surface area contributed by atoms with Crippen LogP contribution >= 0.6 is 0 Å². The van der Waals surface area contributed by atoms with E-state index in [-0.39, 0.29) is 12.2 Å². The number of ether oxygens (including phenoxy) is 1. The van der Waals surface area contributed by atoms with Gasteiger partial charge in [0, 0.05) is 7.11 Å². The van der Waals surface area contributed by atoms with E-state index in [1.165, 1.54) is 44.9 Å². The van der Waals surface area contributed by atoms with Crippen LogP contribution in [0.1, 0.15) is 71.6 Å². The molecule has 4 aliphatic carbocycles. The third kappa shape index (κ3) is 2.72. The van der Waals surface area contributed by atoms with Crippen molar-refractivity contribution in [1.82, 2.24) is 0 Å². The first-order valence-electron chi connectivity index (χ1n) is 10.7. The second kappa shape index (κ2) is 6.49. The summed E-state index contributed by atoms with van der Waals surface area (Å²) < 4.78 is 5.27. The van der Waals surface area contributed by atoms with Crippen molar-refractivity contribution >= 4 is 0 Å². The van der Waals surface area contributed by atoms with Crippen molar-refractivity contribution in [2.75, 3.05) is 13.7 Å². The number of fused-ring (bicyclic) bond motifs is 5. The SMILES string of the molecule is COCC(O)C1CCC2C3CCC4CC(O)CCC4(C)C3CCC12C. The lowest BCUT2D eigenvalue weighted by Crippen LogP contribution is -2.54. The molecule has 4 rings (SSSR count). The van der Waals surface area contributed by atoms with Gasteiger partial charge in [-0.2, -0.15) is 0 Å². The fourth-order valence-electron chi connectivity index (χ4n) is 8.20. The van der Waals surface area contributed by atoms with Crippen LogP contribution in [0.5, 0.6) is 0 Å². The van der Waals surface area contributed by atoms with Crippen molar-refractivity contribution < 1.29 is 14.9 Å². The summed E-state index contributed by atoms with van der Waals surface area (Å²) in [5.74, 6) is 3.62. The summed E-state index contributed by atoms with van der Waals surface area (Å²) in [5, 5.41) is 20.8. The molecule has 9 atom stereocenters. The lowest BCUT2D eigenvalue weighted by Gasteiger charge is -2.61. The second-order valence-electron chi connectivity index (χ2n) is 10.3. The van der Waals surface area contributed by atoms with Gasteiger partial charge < -0.3 is 14.9 Å². The van der Waals surface area contributed by atoms with Crippen molar-refractivity contribution in [3.8, 4) is 0 Å². The molecule has 3 nitrogen and oxygen atoms in total. The average molecular weight is 351 g/mol. The van der Waals surface area contributed by atoms with Crippen LogP contribution in [0, 0.1) is 40.4 Å². The van der Waals surface area contributed by atoms with E-state index < -0.39 is 0 Å². The molecule has 9 unspecified atom stereocenters. The smallest absolute Gasteiger partial charge is 0.0806 e. The lowest BCUT2D eigenvalue weighted by atomic mass is 9.44. The van der Waals surface area contributed by atoms with Gasteiger partial charge in [-0.1, -0.05) is 13.8 Å². The van der Waals surface area contributed by atoms with Crippen LogP contribution in [0.25, 0.3) is 0 Å². The van der Waals surface area contributed by atoms with E-state index in [1.807, 2.05) is 0 Å². The number of hydrogen-bond donors (Lipinski definition) is 2. The predicted octanol–water partition coefficient (Wildman–Crippen LogP) is 4.01. The molecule has 0 heterocycles. The summed E-state index contributed by atoms with van der Waals surface area (Å²) in [6.07, 6.45) is 10.7. The van der Waals surface area contributed by atoms with Gasteiger partial charge in [0.05, 0.1) is 18.8 Å². The molecule has 0 aromatic carbocycles. The molecule has 25 heavy (non-hydrogen) atoms. The summed E-state index contributed by atoms with van der Waals surface area (Å²) in [6, 6.07) is 0.